The first-order chi connectivity index (χ1) is 19.8. The van der Waals surface area contributed by atoms with Crippen molar-refractivity contribution in [2.24, 2.45) is 11.7 Å². The third kappa shape index (κ3) is 4.80. The number of fused-ring (bicyclic) bond motifs is 2. The van der Waals surface area contributed by atoms with Crippen LogP contribution in [0.5, 0.6) is 5.75 Å². The van der Waals surface area contributed by atoms with Gasteiger partial charge < -0.3 is 25.0 Å². The van der Waals surface area contributed by atoms with Crippen LogP contribution in [0.4, 0.5) is 17.6 Å². The molecule has 3 aromatic heterocycles. The van der Waals surface area contributed by atoms with Crippen molar-refractivity contribution in [3.8, 4) is 17.1 Å². The van der Waals surface area contributed by atoms with Gasteiger partial charge in [0.25, 0.3) is 5.91 Å². The molecule has 0 bridgehead atoms. The SMILES string of the molecule is COc1cc(C(=O)N2C[C@H](N)C[C@@H](F)C2)cn2nc(-c3cc4ccc(C(C)(O)C(F)(F)F)cc4n3CC3CC3)c(C)c12. The van der Waals surface area contributed by atoms with E-state index in [1.807, 2.05) is 17.6 Å². The Morgan fingerprint density at radius 1 is 1.19 bits per heavy atom. The highest BCUT2D eigenvalue weighted by molar-refractivity contribution is 5.96. The van der Waals surface area contributed by atoms with Gasteiger partial charge in [0.15, 0.2) is 5.60 Å². The van der Waals surface area contributed by atoms with Crippen LogP contribution in [-0.2, 0) is 12.1 Å². The van der Waals surface area contributed by atoms with Crippen LogP contribution in [0.2, 0.25) is 0 Å². The van der Waals surface area contributed by atoms with Crippen LogP contribution < -0.4 is 10.5 Å². The van der Waals surface area contributed by atoms with Crippen LogP contribution in [0.25, 0.3) is 27.8 Å². The van der Waals surface area contributed by atoms with Crippen molar-refractivity contribution in [1.82, 2.24) is 19.1 Å². The molecule has 8 nitrogen and oxygen atoms in total. The van der Waals surface area contributed by atoms with E-state index in [2.05, 4.69) is 0 Å². The van der Waals surface area contributed by atoms with Crippen LogP contribution >= 0.6 is 0 Å². The fourth-order valence-corrected chi connectivity index (χ4v) is 5.90. The highest BCUT2D eigenvalue weighted by atomic mass is 19.4. The van der Waals surface area contributed by atoms with Crippen molar-refractivity contribution in [1.29, 1.82) is 0 Å². The molecule has 1 unspecified atom stereocenters. The summed E-state index contributed by atoms with van der Waals surface area (Å²) in [5, 5.41) is 15.9. The van der Waals surface area contributed by atoms with Crippen LogP contribution in [0.1, 0.15) is 47.7 Å². The van der Waals surface area contributed by atoms with E-state index in [1.165, 1.54) is 24.1 Å². The average molecular weight is 588 g/mol. The molecule has 1 amide bonds. The number of nitrogens with zero attached hydrogens (tertiary/aromatic N) is 4. The van der Waals surface area contributed by atoms with E-state index in [0.29, 0.717) is 46.0 Å². The van der Waals surface area contributed by atoms with E-state index in [9.17, 15) is 27.5 Å². The number of aromatic nitrogens is 3. The third-order valence-corrected chi connectivity index (χ3v) is 8.51. The van der Waals surface area contributed by atoms with E-state index in [4.69, 9.17) is 15.6 Å². The number of hydrogen-bond donors (Lipinski definition) is 2. The molecule has 3 N–H and O–H groups in total. The number of ether oxygens (including phenoxy) is 1. The third-order valence-electron chi connectivity index (χ3n) is 8.51. The summed E-state index contributed by atoms with van der Waals surface area (Å²) in [5.41, 5.74) is 6.23. The van der Waals surface area contributed by atoms with Gasteiger partial charge in [-0.25, -0.2) is 8.91 Å². The van der Waals surface area contributed by atoms with Crippen LogP contribution in [0, 0.1) is 12.8 Å². The highest BCUT2D eigenvalue weighted by Gasteiger charge is 2.51. The number of hydrogen-bond acceptors (Lipinski definition) is 5. The first-order valence-electron chi connectivity index (χ1n) is 14.0. The molecule has 1 saturated carbocycles. The van der Waals surface area contributed by atoms with E-state index < -0.39 is 24.0 Å². The van der Waals surface area contributed by atoms with Gasteiger partial charge in [0.05, 0.1) is 24.9 Å². The Bertz CT molecular complexity index is 1680. The van der Waals surface area contributed by atoms with E-state index in [1.54, 1.807) is 22.8 Å². The fraction of sp³-hybridized carbons (Fsp3) is 0.467. The zero-order chi connectivity index (χ0) is 30.1. The van der Waals surface area contributed by atoms with Crippen molar-refractivity contribution < 1.29 is 32.2 Å². The minimum absolute atomic E-state index is 0.0409. The molecule has 6 rings (SSSR count). The number of nitrogens with two attached hydrogens (primary N) is 1. The van der Waals surface area contributed by atoms with Gasteiger partial charge in [0.2, 0.25) is 0 Å². The minimum Gasteiger partial charge on any atom is -0.494 e. The molecule has 4 heterocycles. The Morgan fingerprint density at radius 2 is 1.93 bits per heavy atom. The number of methoxy groups -OCH3 is 1. The van der Waals surface area contributed by atoms with Crippen LogP contribution in [0.3, 0.4) is 0 Å². The fourth-order valence-electron chi connectivity index (χ4n) is 5.90. The number of pyridine rings is 1. The number of alkyl halides is 4. The Kier molecular flexibility index (Phi) is 6.76. The molecule has 1 aliphatic heterocycles. The standard InChI is InChI=1S/C30H33F4N5O3/c1-16-26(36-39-13-19(9-25(42-3)27(16)39)28(40)37-14-21(31)11-22(35)15-37)24-8-18-6-7-20(29(2,41)30(32,33)34)10-23(18)38(24)12-17-4-5-17/h6-10,13,17,21-22,41H,4-5,11-12,14-15,35H2,1-3H3/t21-,22-,29?/m1/s1. The maximum atomic E-state index is 14.2. The monoisotopic (exact) mass is 587 g/mol. The summed E-state index contributed by atoms with van der Waals surface area (Å²) in [4.78, 5) is 14.8. The summed E-state index contributed by atoms with van der Waals surface area (Å²) < 4.78 is 64.4. The Hall–Kier alpha value is -3.64. The summed E-state index contributed by atoms with van der Waals surface area (Å²) in [6.07, 6.45) is -2.22. The van der Waals surface area contributed by atoms with Gasteiger partial charge in [-0.2, -0.15) is 18.3 Å². The molecule has 0 radical (unpaired) electrons. The molecular weight excluding hydrogens is 554 g/mol. The van der Waals surface area contributed by atoms with Gasteiger partial charge in [-0.05, 0) is 62.8 Å². The lowest BCUT2D eigenvalue weighted by molar-refractivity contribution is -0.258. The number of aryl methyl sites for hydroxylation is 1. The summed E-state index contributed by atoms with van der Waals surface area (Å²) in [6.45, 7) is 3.42. The molecular formula is C30H33F4N5O3. The van der Waals surface area contributed by atoms with E-state index in [-0.39, 0.29) is 36.5 Å². The van der Waals surface area contributed by atoms with Crippen molar-refractivity contribution in [3.05, 3.63) is 53.2 Å². The zero-order valence-corrected chi connectivity index (χ0v) is 23.6. The lowest BCUT2D eigenvalue weighted by atomic mass is 9.94. The van der Waals surface area contributed by atoms with Gasteiger partial charge in [-0.15, -0.1) is 0 Å². The van der Waals surface area contributed by atoms with Crippen molar-refractivity contribution in [2.45, 2.75) is 63.6 Å². The highest BCUT2D eigenvalue weighted by Crippen LogP contribution is 2.42. The second-order valence-electron chi connectivity index (χ2n) is 11.8. The molecule has 1 saturated heterocycles. The van der Waals surface area contributed by atoms with Gasteiger partial charge in [-0.1, -0.05) is 12.1 Å². The second-order valence-corrected chi connectivity index (χ2v) is 11.8. The number of likely N-dealkylation sites (tertiary alicyclic amines) is 1. The van der Waals surface area contributed by atoms with Gasteiger partial charge in [0, 0.05) is 41.8 Å². The normalized spacial score (nSPS) is 21.2. The second kappa shape index (κ2) is 9.98. The van der Waals surface area contributed by atoms with Crippen LogP contribution in [-0.4, -0.2) is 68.7 Å². The smallest absolute Gasteiger partial charge is 0.421 e. The number of carbonyl (C=O) groups excluding carboxylic acids is 1. The Balaban J connectivity index is 1.48. The van der Waals surface area contributed by atoms with E-state index in [0.717, 1.165) is 25.3 Å². The first-order valence-corrected chi connectivity index (χ1v) is 14.0. The molecule has 2 fully saturated rings. The topological polar surface area (TPSA) is 98.0 Å². The van der Waals surface area contributed by atoms with Crippen molar-refractivity contribution in [2.75, 3.05) is 20.2 Å². The summed E-state index contributed by atoms with van der Waals surface area (Å²) in [6, 6.07) is 7.33. The summed E-state index contributed by atoms with van der Waals surface area (Å²) in [5.74, 6) is 0.413. The molecule has 1 aliphatic carbocycles. The average Bonchev–Trinajstić information content (AvgIpc) is 3.60. The minimum atomic E-state index is -4.84. The van der Waals surface area contributed by atoms with Crippen molar-refractivity contribution >= 4 is 22.3 Å². The summed E-state index contributed by atoms with van der Waals surface area (Å²) >= 11 is 0. The quantitative estimate of drug-likeness (QED) is 0.311. The summed E-state index contributed by atoms with van der Waals surface area (Å²) in [7, 11) is 1.49. The van der Waals surface area contributed by atoms with Gasteiger partial charge in [0.1, 0.15) is 23.1 Å². The van der Waals surface area contributed by atoms with Gasteiger partial charge in [-0.3, -0.25) is 4.79 Å². The van der Waals surface area contributed by atoms with Gasteiger partial charge >= 0.3 is 6.18 Å². The number of aliphatic hydroxyl groups is 1. The number of halogens is 4. The molecule has 3 atom stereocenters. The maximum Gasteiger partial charge on any atom is 0.421 e. The first kappa shape index (κ1) is 28.5. The largest absolute Gasteiger partial charge is 0.494 e. The molecule has 42 heavy (non-hydrogen) atoms. The lowest BCUT2D eigenvalue weighted by Crippen LogP contribution is -2.50. The predicted molar refractivity (Wildman–Crippen MR) is 149 cm³/mol. The van der Waals surface area contributed by atoms with E-state index >= 15 is 0 Å². The Morgan fingerprint density at radius 3 is 2.57 bits per heavy atom. The number of rotatable bonds is 6. The maximum absolute atomic E-state index is 14.2. The number of amides is 1. The number of carbonyl (C=O) groups is 1. The predicted octanol–water partition coefficient (Wildman–Crippen LogP) is 4.96. The Labute approximate surface area is 239 Å². The molecule has 12 heteroatoms. The van der Waals surface area contributed by atoms with Crippen LogP contribution in [0.15, 0.2) is 36.5 Å². The molecule has 0 spiro atoms. The zero-order valence-electron chi connectivity index (χ0n) is 23.6. The molecule has 1 aromatic carbocycles. The number of piperidine rings is 1. The molecule has 224 valence electrons. The number of benzene rings is 1. The molecule has 4 aromatic rings. The lowest BCUT2D eigenvalue weighted by Gasteiger charge is -2.33. The van der Waals surface area contributed by atoms with Crippen molar-refractivity contribution in [3.63, 3.8) is 0 Å². The molecule has 2 aliphatic rings.